The topological polar surface area (TPSA) is 82.0 Å². The van der Waals surface area contributed by atoms with Crippen LogP contribution in [0.15, 0.2) is 90.2 Å². The SMILES string of the molecule is CN(C)Cc1ccccc1-c1ccc(-n2cnc3ncn(-c4cccc(CN)c4)c3c2=O)cc1. The molecule has 0 atom stereocenters. The van der Waals surface area contributed by atoms with Crippen molar-refractivity contribution in [3.05, 3.63) is 107 Å². The first-order valence-corrected chi connectivity index (χ1v) is 11.1. The Morgan fingerprint density at radius 3 is 2.32 bits per heavy atom. The number of aromatic nitrogens is 4. The molecule has 0 aliphatic rings. The van der Waals surface area contributed by atoms with E-state index in [0.29, 0.717) is 17.7 Å². The van der Waals surface area contributed by atoms with Crippen molar-refractivity contribution < 1.29 is 0 Å². The summed E-state index contributed by atoms with van der Waals surface area (Å²) in [6.45, 7) is 1.28. The quantitative estimate of drug-likeness (QED) is 0.426. The van der Waals surface area contributed by atoms with Gasteiger partial charge in [0.1, 0.15) is 12.7 Å². The molecule has 0 spiro atoms. The van der Waals surface area contributed by atoms with Crippen LogP contribution in [0.3, 0.4) is 0 Å². The van der Waals surface area contributed by atoms with Crippen LogP contribution in [0.5, 0.6) is 0 Å². The summed E-state index contributed by atoms with van der Waals surface area (Å²) in [7, 11) is 4.12. The van der Waals surface area contributed by atoms with Gasteiger partial charge >= 0.3 is 0 Å². The fourth-order valence-corrected chi connectivity index (χ4v) is 4.21. The molecule has 2 heterocycles. The lowest BCUT2D eigenvalue weighted by Gasteiger charge is -2.15. The van der Waals surface area contributed by atoms with Crippen LogP contribution in [0.4, 0.5) is 0 Å². The van der Waals surface area contributed by atoms with Gasteiger partial charge in [-0.1, -0.05) is 48.5 Å². The molecular formula is C27H26N6O. The van der Waals surface area contributed by atoms with E-state index in [2.05, 4.69) is 47.2 Å². The van der Waals surface area contributed by atoms with E-state index in [-0.39, 0.29) is 5.56 Å². The summed E-state index contributed by atoms with van der Waals surface area (Å²) in [4.78, 5) is 24.4. The third-order valence-electron chi connectivity index (χ3n) is 5.85. The molecule has 0 saturated carbocycles. The molecule has 5 rings (SSSR count). The number of benzene rings is 3. The van der Waals surface area contributed by atoms with Crippen molar-refractivity contribution >= 4 is 11.2 Å². The maximum absolute atomic E-state index is 13.5. The maximum Gasteiger partial charge on any atom is 0.284 e. The van der Waals surface area contributed by atoms with Gasteiger partial charge in [-0.25, -0.2) is 9.97 Å². The highest BCUT2D eigenvalue weighted by molar-refractivity contribution is 5.73. The number of imidazole rings is 1. The first-order chi connectivity index (χ1) is 16.5. The van der Waals surface area contributed by atoms with Gasteiger partial charge in [-0.15, -0.1) is 0 Å². The van der Waals surface area contributed by atoms with Crippen LogP contribution in [-0.2, 0) is 13.1 Å². The van der Waals surface area contributed by atoms with Crippen molar-refractivity contribution in [1.82, 2.24) is 24.0 Å². The van der Waals surface area contributed by atoms with Crippen molar-refractivity contribution in [2.24, 2.45) is 5.73 Å². The fourth-order valence-electron chi connectivity index (χ4n) is 4.21. The molecule has 0 unspecified atom stereocenters. The van der Waals surface area contributed by atoms with Crippen molar-refractivity contribution in [2.75, 3.05) is 14.1 Å². The number of nitrogens with zero attached hydrogens (tertiary/aromatic N) is 5. The number of nitrogens with two attached hydrogens (primary N) is 1. The molecular weight excluding hydrogens is 424 g/mol. The van der Waals surface area contributed by atoms with Gasteiger partial charge in [-0.2, -0.15) is 0 Å². The van der Waals surface area contributed by atoms with Gasteiger partial charge in [0.05, 0.1) is 5.69 Å². The lowest BCUT2D eigenvalue weighted by Crippen LogP contribution is -2.20. The van der Waals surface area contributed by atoms with Crippen LogP contribution < -0.4 is 11.3 Å². The van der Waals surface area contributed by atoms with Crippen LogP contribution in [0, 0.1) is 0 Å². The van der Waals surface area contributed by atoms with Crippen LogP contribution in [0.25, 0.3) is 33.7 Å². The van der Waals surface area contributed by atoms with Gasteiger partial charge in [0, 0.05) is 18.8 Å². The summed E-state index contributed by atoms with van der Waals surface area (Å²) in [5.74, 6) is 0. The largest absolute Gasteiger partial charge is 0.326 e. The van der Waals surface area contributed by atoms with E-state index in [0.717, 1.165) is 29.0 Å². The van der Waals surface area contributed by atoms with E-state index < -0.39 is 0 Å². The van der Waals surface area contributed by atoms with Crippen molar-refractivity contribution in [3.63, 3.8) is 0 Å². The van der Waals surface area contributed by atoms with E-state index in [1.165, 1.54) is 17.5 Å². The molecule has 2 N–H and O–H groups in total. The molecule has 34 heavy (non-hydrogen) atoms. The Hall–Kier alpha value is -4.07. The van der Waals surface area contributed by atoms with Gasteiger partial charge in [-0.3, -0.25) is 13.9 Å². The molecule has 0 aliphatic heterocycles. The zero-order chi connectivity index (χ0) is 23.7. The van der Waals surface area contributed by atoms with E-state index in [1.54, 1.807) is 15.5 Å². The standard InChI is InChI=1S/C27H26N6O/c1-31(2)16-21-7-3-4-9-24(21)20-10-12-22(13-11-20)33-18-30-26-25(27(33)34)32(17-29-26)23-8-5-6-19(14-23)15-28/h3-14,17-18H,15-16,28H2,1-2H3. The Kier molecular flexibility index (Phi) is 5.79. The van der Waals surface area contributed by atoms with Gasteiger partial charge in [0.2, 0.25) is 0 Å². The van der Waals surface area contributed by atoms with Crippen LogP contribution in [-0.4, -0.2) is 38.1 Å². The van der Waals surface area contributed by atoms with Gasteiger partial charge in [-0.05, 0) is 60.6 Å². The van der Waals surface area contributed by atoms with Gasteiger partial charge < -0.3 is 10.6 Å². The molecule has 2 aromatic heterocycles. The smallest absolute Gasteiger partial charge is 0.284 e. The Balaban J connectivity index is 1.56. The van der Waals surface area contributed by atoms with E-state index >= 15 is 0 Å². The summed E-state index contributed by atoms with van der Waals surface area (Å²) >= 11 is 0. The molecule has 0 amide bonds. The van der Waals surface area contributed by atoms with Crippen LogP contribution in [0.1, 0.15) is 11.1 Å². The summed E-state index contributed by atoms with van der Waals surface area (Å²) in [6.07, 6.45) is 3.16. The lowest BCUT2D eigenvalue weighted by molar-refractivity contribution is 0.403. The Morgan fingerprint density at radius 1 is 0.853 bits per heavy atom. The molecule has 7 nitrogen and oxygen atoms in total. The average Bonchev–Trinajstić information content (AvgIpc) is 3.30. The molecule has 7 heteroatoms. The van der Waals surface area contributed by atoms with E-state index in [9.17, 15) is 4.79 Å². The Bertz CT molecular complexity index is 1510. The summed E-state index contributed by atoms with van der Waals surface area (Å²) in [5.41, 5.74) is 12.6. The van der Waals surface area contributed by atoms with Crippen LogP contribution >= 0.6 is 0 Å². The Morgan fingerprint density at radius 2 is 1.59 bits per heavy atom. The first-order valence-electron chi connectivity index (χ1n) is 11.1. The minimum atomic E-state index is -0.179. The fraction of sp³-hybridized carbons (Fsp3) is 0.148. The zero-order valence-corrected chi connectivity index (χ0v) is 19.2. The minimum Gasteiger partial charge on any atom is -0.326 e. The Labute approximate surface area is 197 Å². The number of hydrogen-bond acceptors (Lipinski definition) is 5. The summed E-state index contributed by atoms with van der Waals surface area (Å²) in [5, 5.41) is 0. The molecule has 3 aromatic carbocycles. The molecule has 0 radical (unpaired) electrons. The van der Waals surface area contributed by atoms with Crippen molar-refractivity contribution in [2.45, 2.75) is 13.1 Å². The minimum absolute atomic E-state index is 0.179. The molecule has 0 fully saturated rings. The van der Waals surface area contributed by atoms with E-state index in [4.69, 9.17) is 5.73 Å². The zero-order valence-electron chi connectivity index (χ0n) is 19.2. The number of hydrogen-bond donors (Lipinski definition) is 1. The van der Waals surface area contributed by atoms with Crippen molar-refractivity contribution in [1.29, 1.82) is 0 Å². The second-order valence-corrected chi connectivity index (χ2v) is 8.52. The number of fused-ring (bicyclic) bond motifs is 1. The second-order valence-electron chi connectivity index (χ2n) is 8.52. The predicted octanol–water partition coefficient (Wildman–Crippen LogP) is 3.76. The summed E-state index contributed by atoms with van der Waals surface area (Å²) < 4.78 is 3.33. The third kappa shape index (κ3) is 4.03. The molecule has 170 valence electrons. The summed E-state index contributed by atoms with van der Waals surface area (Å²) in [6, 6.07) is 24.1. The van der Waals surface area contributed by atoms with Gasteiger partial charge in [0.25, 0.3) is 5.56 Å². The van der Waals surface area contributed by atoms with Crippen LogP contribution in [0.2, 0.25) is 0 Å². The molecule has 5 aromatic rings. The molecule has 0 aliphatic carbocycles. The molecule has 0 saturated heterocycles. The predicted molar refractivity (Wildman–Crippen MR) is 135 cm³/mol. The van der Waals surface area contributed by atoms with Crippen molar-refractivity contribution in [3.8, 4) is 22.5 Å². The third-order valence-corrected chi connectivity index (χ3v) is 5.85. The normalized spacial score (nSPS) is 11.4. The highest BCUT2D eigenvalue weighted by Crippen LogP contribution is 2.25. The van der Waals surface area contributed by atoms with E-state index in [1.807, 2.05) is 54.6 Å². The number of rotatable bonds is 6. The first kappa shape index (κ1) is 21.8. The second kappa shape index (κ2) is 9.05. The van der Waals surface area contributed by atoms with Gasteiger partial charge in [0.15, 0.2) is 11.2 Å². The average molecular weight is 451 g/mol. The highest BCUT2D eigenvalue weighted by Gasteiger charge is 2.14. The maximum atomic E-state index is 13.5. The highest BCUT2D eigenvalue weighted by atomic mass is 16.1. The molecule has 0 bridgehead atoms. The lowest BCUT2D eigenvalue weighted by atomic mass is 9.99. The monoisotopic (exact) mass is 450 g/mol.